The number of thiocarbonyl (C=S) groups is 1. The van der Waals surface area contributed by atoms with Crippen molar-refractivity contribution >= 4 is 34.0 Å². The first-order chi connectivity index (χ1) is 9.63. The molecule has 0 fully saturated rings. The molecule has 0 unspecified atom stereocenters. The number of fused-ring (bicyclic) bond motifs is 1. The van der Waals surface area contributed by atoms with Crippen LogP contribution in [0.2, 0.25) is 0 Å². The van der Waals surface area contributed by atoms with E-state index in [1.807, 2.05) is 37.3 Å². The van der Waals surface area contributed by atoms with Crippen LogP contribution in [-0.4, -0.2) is 33.9 Å². The van der Waals surface area contributed by atoms with Crippen molar-refractivity contribution in [3.05, 3.63) is 42.1 Å². The second-order valence-corrected chi connectivity index (χ2v) is 5.00. The molecule has 2 N–H and O–H groups in total. The first-order valence-corrected chi connectivity index (χ1v) is 6.95. The summed E-state index contributed by atoms with van der Waals surface area (Å²) in [4.78, 5) is 19.1. The molecule has 1 heterocycles. The van der Waals surface area contributed by atoms with Gasteiger partial charge in [-0.05, 0) is 25.1 Å². The molecule has 1 aromatic carbocycles. The maximum Gasteiger partial charge on any atom is 0.254 e. The molecule has 0 saturated heterocycles. The van der Waals surface area contributed by atoms with Gasteiger partial charge in [0.25, 0.3) is 5.91 Å². The van der Waals surface area contributed by atoms with E-state index in [9.17, 15) is 4.79 Å². The highest BCUT2D eigenvalue weighted by atomic mass is 32.1. The SMILES string of the molecule is CCN(CCC(N)=S)C(=O)c1cccc2ncccc12. The lowest BCUT2D eigenvalue weighted by molar-refractivity contribution is 0.0771. The van der Waals surface area contributed by atoms with Gasteiger partial charge in [0.15, 0.2) is 0 Å². The first-order valence-electron chi connectivity index (χ1n) is 6.54. The van der Waals surface area contributed by atoms with Crippen LogP contribution in [0.5, 0.6) is 0 Å². The van der Waals surface area contributed by atoms with Gasteiger partial charge in [-0.15, -0.1) is 0 Å². The van der Waals surface area contributed by atoms with Gasteiger partial charge in [-0.25, -0.2) is 0 Å². The summed E-state index contributed by atoms with van der Waals surface area (Å²) in [6.07, 6.45) is 2.26. The zero-order valence-corrected chi connectivity index (χ0v) is 12.2. The molecule has 0 radical (unpaired) electrons. The Hall–Kier alpha value is -2.01. The number of nitrogens with two attached hydrogens (primary N) is 1. The molecule has 1 amide bonds. The minimum Gasteiger partial charge on any atom is -0.393 e. The standard InChI is InChI=1S/C15H17N3OS/c1-2-18(10-8-14(16)20)15(19)12-5-3-7-13-11(12)6-4-9-17-13/h3-7,9H,2,8,10H2,1H3,(H2,16,20). The highest BCUT2D eigenvalue weighted by Crippen LogP contribution is 2.18. The fourth-order valence-corrected chi connectivity index (χ4v) is 2.20. The van der Waals surface area contributed by atoms with E-state index in [0.717, 1.165) is 10.9 Å². The van der Waals surface area contributed by atoms with E-state index < -0.39 is 0 Å². The fourth-order valence-electron chi connectivity index (χ4n) is 2.11. The van der Waals surface area contributed by atoms with Crippen LogP contribution in [0.3, 0.4) is 0 Å². The summed E-state index contributed by atoms with van der Waals surface area (Å²) in [6.45, 7) is 3.11. The van der Waals surface area contributed by atoms with Crippen LogP contribution in [0.4, 0.5) is 0 Å². The zero-order valence-electron chi connectivity index (χ0n) is 11.4. The average molecular weight is 287 g/mol. The van der Waals surface area contributed by atoms with Crippen molar-refractivity contribution in [1.82, 2.24) is 9.88 Å². The summed E-state index contributed by atoms with van der Waals surface area (Å²) in [6, 6.07) is 9.33. The Morgan fingerprint density at radius 1 is 1.35 bits per heavy atom. The lowest BCUT2D eigenvalue weighted by atomic mass is 10.1. The number of hydrogen-bond donors (Lipinski definition) is 1. The Balaban J connectivity index is 2.32. The molecule has 2 rings (SSSR count). The molecule has 20 heavy (non-hydrogen) atoms. The van der Waals surface area contributed by atoms with Gasteiger partial charge < -0.3 is 10.6 Å². The van der Waals surface area contributed by atoms with E-state index in [0.29, 0.717) is 30.1 Å². The van der Waals surface area contributed by atoms with Crippen LogP contribution in [0.25, 0.3) is 10.9 Å². The number of hydrogen-bond acceptors (Lipinski definition) is 3. The molecule has 0 aliphatic heterocycles. The minimum absolute atomic E-state index is 0.0117. The van der Waals surface area contributed by atoms with Gasteiger partial charge in [-0.3, -0.25) is 9.78 Å². The zero-order chi connectivity index (χ0) is 14.5. The largest absolute Gasteiger partial charge is 0.393 e. The van der Waals surface area contributed by atoms with Crippen molar-refractivity contribution in [3.63, 3.8) is 0 Å². The Kier molecular flexibility index (Phi) is 4.63. The fraction of sp³-hybridized carbons (Fsp3) is 0.267. The molecule has 0 spiro atoms. The molecule has 104 valence electrons. The van der Waals surface area contributed by atoms with E-state index in [1.165, 1.54) is 0 Å². The highest BCUT2D eigenvalue weighted by Gasteiger charge is 2.16. The van der Waals surface area contributed by atoms with Crippen molar-refractivity contribution in [3.8, 4) is 0 Å². The molecule has 1 aromatic heterocycles. The minimum atomic E-state index is -0.0117. The van der Waals surface area contributed by atoms with Crippen LogP contribution in [0.15, 0.2) is 36.5 Å². The molecule has 0 bridgehead atoms. The predicted molar refractivity (Wildman–Crippen MR) is 84.7 cm³/mol. The highest BCUT2D eigenvalue weighted by molar-refractivity contribution is 7.80. The lowest BCUT2D eigenvalue weighted by Gasteiger charge is -2.21. The summed E-state index contributed by atoms with van der Waals surface area (Å²) in [5.41, 5.74) is 7.00. The molecule has 0 saturated carbocycles. The van der Waals surface area contributed by atoms with Gasteiger partial charge >= 0.3 is 0 Å². The quantitative estimate of drug-likeness (QED) is 0.858. The van der Waals surface area contributed by atoms with Crippen LogP contribution in [-0.2, 0) is 0 Å². The van der Waals surface area contributed by atoms with Gasteiger partial charge in [0.2, 0.25) is 0 Å². The summed E-state index contributed by atoms with van der Waals surface area (Å²) in [5, 5.41) is 0.869. The number of carbonyl (C=O) groups excluding carboxylic acids is 1. The summed E-state index contributed by atoms with van der Waals surface area (Å²) in [7, 11) is 0. The molecule has 0 aliphatic rings. The smallest absolute Gasteiger partial charge is 0.254 e. The topological polar surface area (TPSA) is 59.2 Å². The molecule has 5 heteroatoms. The van der Waals surface area contributed by atoms with Gasteiger partial charge in [-0.2, -0.15) is 0 Å². The van der Waals surface area contributed by atoms with Crippen LogP contribution in [0, 0.1) is 0 Å². The Labute approximate surface area is 123 Å². The second-order valence-electron chi connectivity index (χ2n) is 4.48. The van der Waals surface area contributed by atoms with Gasteiger partial charge in [0.05, 0.1) is 10.5 Å². The third-order valence-electron chi connectivity index (χ3n) is 3.17. The number of aromatic nitrogens is 1. The number of carbonyl (C=O) groups is 1. The second kappa shape index (κ2) is 6.43. The van der Waals surface area contributed by atoms with Gasteiger partial charge in [0, 0.05) is 36.7 Å². The van der Waals surface area contributed by atoms with E-state index in [4.69, 9.17) is 18.0 Å². The number of nitrogens with zero attached hydrogens (tertiary/aromatic N) is 2. The summed E-state index contributed by atoms with van der Waals surface area (Å²) < 4.78 is 0. The molecule has 2 aromatic rings. The molecule has 0 atom stereocenters. The van der Waals surface area contributed by atoms with Gasteiger partial charge in [-0.1, -0.05) is 24.4 Å². The van der Waals surface area contributed by atoms with Crippen molar-refractivity contribution in [1.29, 1.82) is 0 Å². The maximum atomic E-state index is 12.6. The molecular weight excluding hydrogens is 270 g/mol. The Morgan fingerprint density at radius 2 is 2.15 bits per heavy atom. The van der Waals surface area contributed by atoms with E-state index in [1.54, 1.807) is 11.1 Å². The van der Waals surface area contributed by atoms with Crippen LogP contribution in [0.1, 0.15) is 23.7 Å². The van der Waals surface area contributed by atoms with E-state index >= 15 is 0 Å². The van der Waals surface area contributed by atoms with Crippen LogP contribution < -0.4 is 5.73 Å². The third kappa shape index (κ3) is 3.11. The predicted octanol–water partition coefficient (Wildman–Crippen LogP) is 2.37. The van der Waals surface area contributed by atoms with E-state index in [2.05, 4.69) is 4.98 Å². The van der Waals surface area contributed by atoms with Crippen molar-refractivity contribution in [2.24, 2.45) is 5.73 Å². The first kappa shape index (κ1) is 14.4. The molecule has 4 nitrogen and oxygen atoms in total. The van der Waals surface area contributed by atoms with E-state index in [-0.39, 0.29) is 5.91 Å². The molecule has 0 aliphatic carbocycles. The monoisotopic (exact) mass is 287 g/mol. The summed E-state index contributed by atoms with van der Waals surface area (Å²) >= 11 is 4.87. The van der Waals surface area contributed by atoms with Gasteiger partial charge in [0.1, 0.15) is 0 Å². The summed E-state index contributed by atoms with van der Waals surface area (Å²) in [5.74, 6) is -0.0117. The third-order valence-corrected chi connectivity index (χ3v) is 3.38. The Bertz CT molecular complexity index is 637. The average Bonchev–Trinajstić information content (AvgIpc) is 2.46. The van der Waals surface area contributed by atoms with Crippen molar-refractivity contribution < 1.29 is 4.79 Å². The van der Waals surface area contributed by atoms with Crippen molar-refractivity contribution in [2.75, 3.05) is 13.1 Å². The number of pyridine rings is 1. The lowest BCUT2D eigenvalue weighted by Crippen LogP contribution is -2.33. The number of amides is 1. The Morgan fingerprint density at radius 3 is 2.85 bits per heavy atom. The number of rotatable bonds is 5. The van der Waals surface area contributed by atoms with Crippen LogP contribution >= 0.6 is 12.2 Å². The number of benzene rings is 1. The normalized spacial score (nSPS) is 10.4. The van der Waals surface area contributed by atoms with Crippen molar-refractivity contribution in [2.45, 2.75) is 13.3 Å². The molecular formula is C15H17N3OS. The maximum absolute atomic E-state index is 12.6.